The smallest absolute Gasteiger partial charge is 0.206 e. The molecule has 0 radical (unpaired) electrons. The van der Waals surface area contributed by atoms with Gasteiger partial charge in [0.2, 0.25) is 5.95 Å². The Bertz CT molecular complexity index is 748. The molecule has 0 bridgehead atoms. The molecule has 0 aliphatic heterocycles. The summed E-state index contributed by atoms with van der Waals surface area (Å²) in [7, 11) is 0. The molecule has 0 saturated carbocycles. The van der Waals surface area contributed by atoms with E-state index >= 15 is 0 Å². The standard InChI is InChI=1S/C19H23N3O/c1-3-21(4-2)19-20-17-12-8-9-13-18(17)22(19)14-15-23-16-10-6-5-7-11-16/h5-13H,3-4,14-15H2,1-2H3. The Morgan fingerprint density at radius 2 is 1.65 bits per heavy atom. The van der Waals surface area contributed by atoms with Gasteiger partial charge in [-0.25, -0.2) is 4.98 Å². The van der Waals surface area contributed by atoms with Crippen molar-refractivity contribution in [3.8, 4) is 5.75 Å². The molecule has 3 rings (SSSR count). The second kappa shape index (κ2) is 7.18. The predicted octanol–water partition coefficient (Wildman–Crippen LogP) is 3.96. The van der Waals surface area contributed by atoms with Crippen molar-refractivity contribution in [1.29, 1.82) is 0 Å². The van der Waals surface area contributed by atoms with Crippen molar-refractivity contribution in [3.63, 3.8) is 0 Å². The molecule has 23 heavy (non-hydrogen) atoms. The van der Waals surface area contributed by atoms with Crippen LogP contribution in [-0.4, -0.2) is 29.2 Å². The number of aromatic nitrogens is 2. The highest BCUT2D eigenvalue weighted by atomic mass is 16.5. The molecule has 0 unspecified atom stereocenters. The normalized spacial score (nSPS) is 10.9. The number of para-hydroxylation sites is 3. The van der Waals surface area contributed by atoms with Gasteiger partial charge in [0.1, 0.15) is 12.4 Å². The molecule has 3 aromatic rings. The summed E-state index contributed by atoms with van der Waals surface area (Å²) in [6.45, 7) is 7.61. The van der Waals surface area contributed by atoms with E-state index in [9.17, 15) is 0 Å². The van der Waals surface area contributed by atoms with Gasteiger partial charge in [-0.05, 0) is 38.1 Å². The molecule has 0 aliphatic carbocycles. The van der Waals surface area contributed by atoms with Gasteiger partial charge in [0.05, 0.1) is 17.6 Å². The minimum atomic E-state index is 0.624. The first kappa shape index (κ1) is 15.4. The molecule has 4 nitrogen and oxygen atoms in total. The Hall–Kier alpha value is -2.49. The van der Waals surface area contributed by atoms with Crippen LogP contribution in [0.15, 0.2) is 54.6 Å². The molecule has 0 fully saturated rings. The molecule has 120 valence electrons. The maximum Gasteiger partial charge on any atom is 0.206 e. The molecule has 0 atom stereocenters. The monoisotopic (exact) mass is 309 g/mol. The quantitative estimate of drug-likeness (QED) is 0.662. The van der Waals surface area contributed by atoms with Gasteiger partial charge in [0.15, 0.2) is 0 Å². The first-order chi connectivity index (χ1) is 11.3. The van der Waals surface area contributed by atoms with Gasteiger partial charge >= 0.3 is 0 Å². The lowest BCUT2D eigenvalue weighted by molar-refractivity contribution is 0.300. The van der Waals surface area contributed by atoms with Crippen LogP contribution >= 0.6 is 0 Å². The zero-order chi connectivity index (χ0) is 16.1. The number of fused-ring (bicyclic) bond motifs is 1. The number of hydrogen-bond donors (Lipinski definition) is 0. The number of benzene rings is 2. The van der Waals surface area contributed by atoms with Crippen molar-refractivity contribution >= 4 is 17.0 Å². The van der Waals surface area contributed by atoms with Crippen molar-refractivity contribution in [2.75, 3.05) is 24.6 Å². The van der Waals surface area contributed by atoms with E-state index in [4.69, 9.17) is 9.72 Å². The third kappa shape index (κ3) is 3.31. The fraction of sp³-hybridized carbons (Fsp3) is 0.316. The van der Waals surface area contributed by atoms with E-state index in [1.165, 1.54) is 0 Å². The Morgan fingerprint density at radius 3 is 2.39 bits per heavy atom. The summed E-state index contributed by atoms with van der Waals surface area (Å²) in [6.07, 6.45) is 0. The average Bonchev–Trinajstić information content (AvgIpc) is 2.96. The van der Waals surface area contributed by atoms with Crippen molar-refractivity contribution in [3.05, 3.63) is 54.6 Å². The highest BCUT2D eigenvalue weighted by Crippen LogP contribution is 2.22. The van der Waals surface area contributed by atoms with E-state index in [-0.39, 0.29) is 0 Å². The summed E-state index contributed by atoms with van der Waals surface area (Å²) < 4.78 is 8.12. The van der Waals surface area contributed by atoms with Crippen molar-refractivity contribution < 1.29 is 4.74 Å². The highest BCUT2D eigenvalue weighted by molar-refractivity contribution is 5.78. The summed E-state index contributed by atoms with van der Waals surface area (Å²) >= 11 is 0. The van der Waals surface area contributed by atoms with Gasteiger partial charge in [-0.1, -0.05) is 30.3 Å². The van der Waals surface area contributed by atoms with E-state index in [1.807, 2.05) is 36.4 Å². The van der Waals surface area contributed by atoms with Crippen molar-refractivity contribution in [2.45, 2.75) is 20.4 Å². The number of hydrogen-bond acceptors (Lipinski definition) is 3. The zero-order valence-electron chi connectivity index (χ0n) is 13.8. The Kier molecular flexibility index (Phi) is 4.81. The van der Waals surface area contributed by atoms with Crippen molar-refractivity contribution in [2.24, 2.45) is 0 Å². The molecule has 1 aromatic heterocycles. The molecular weight excluding hydrogens is 286 g/mol. The van der Waals surface area contributed by atoms with E-state index in [1.54, 1.807) is 0 Å². The zero-order valence-corrected chi connectivity index (χ0v) is 13.8. The molecule has 4 heteroatoms. The van der Waals surface area contributed by atoms with Gasteiger partial charge in [-0.3, -0.25) is 0 Å². The molecule has 0 N–H and O–H groups in total. The van der Waals surface area contributed by atoms with Gasteiger partial charge < -0.3 is 14.2 Å². The van der Waals surface area contributed by atoms with Gasteiger partial charge in [-0.2, -0.15) is 0 Å². The third-order valence-corrected chi connectivity index (χ3v) is 4.01. The lowest BCUT2D eigenvalue weighted by atomic mass is 10.3. The van der Waals surface area contributed by atoms with Crippen LogP contribution in [0.5, 0.6) is 5.75 Å². The summed E-state index contributed by atoms with van der Waals surface area (Å²) in [5.41, 5.74) is 2.19. The van der Waals surface area contributed by atoms with Crippen LogP contribution in [0.3, 0.4) is 0 Å². The maximum atomic E-state index is 5.86. The van der Waals surface area contributed by atoms with Gasteiger partial charge in [0, 0.05) is 13.1 Å². The molecule has 0 spiro atoms. The topological polar surface area (TPSA) is 30.3 Å². The number of imidazole rings is 1. The SMILES string of the molecule is CCN(CC)c1nc2ccccc2n1CCOc1ccccc1. The molecular formula is C19H23N3O. The van der Waals surface area contributed by atoms with Crippen LogP contribution in [0.2, 0.25) is 0 Å². The minimum Gasteiger partial charge on any atom is -0.492 e. The van der Waals surface area contributed by atoms with Gasteiger partial charge in [0.25, 0.3) is 0 Å². The van der Waals surface area contributed by atoms with E-state index in [0.29, 0.717) is 6.61 Å². The van der Waals surface area contributed by atoms with Gasteiger partial charge in [-0.15, -0.1) is 0 Å². The van der Waals surface area contributed by atoms with E-state index < -0.39 is 0 Å². The number of nitrogens with zero attached hydrogens (tertiary/aromatic N) is 3. The fourth-order valence-corrected chi connectivity index (χ4v) is 2.80. The Balaban J connectivity index is 1.84. The van der Waals surface area contributed by atoms with Crippen LogP contribution in [0, 0.1) is 0 Å². The number of rotatable bonds is 7. The molecule has 0 aliphatic rings. The summed E-state index contributed by atoms with van der Waals surface area (Å²) in [5, 5.41) is 0. The average molecular weight is 309 g/mol. The summed E-state index contributed by atoms with van der Waals surface area (Å²) in [6, 6.07) is 18.2. The van der Waals surface area contributed by atoms with Crippen LogP contribution < -0.4 is 9.64 Å². The first-order valence-electron chi connectivity index (χ1n) is 8.21. The van der Waals surface area contributed by atoms with Crippen LogP contribution in [0.25, 0.3) is 11.0 Å². The second-order valence-electron chi connectivity index (χ2n) is 5.39. The largest absolute Gasteiger partial charge is 0.492 e. The minimum absolute atomic E-state index is 0.624. The highest BCUT2D eigenvalue weighted by Gasteiger charge is 2.14. The lowest BCUT2D eigenvalue weighted by Gasteiger charge is -2.21. The second-order valence-corrected chi connectivity index (χ2v) is 5.39. The van der Waals surface area contributed by atoms with Crippen LogP contribution in [0.4, 0.5) is 5.95 Å². The van der Waals surface area contributed by atoms with E-state index in [2.05, 4.69) is 41.5 Å². The third-order valence-electron chi connectivity index (χ3n) is 4.01. The lowest BCUT2D eigenvalue weighted by Crippen LogP contribution is -2.26. The Labute approximate surface area is 137 Å². The fourth-order valence-electron chi connectivity index (χ4n) is 2.80. The van der Waals surface area contributed by atoms with Crippen LogP contribution in [-0.2, 0) is 6.54 Å². The number of ether oxygens (including phenoxy) is 1. The number of anilines is 1. The maximum absolute atomic E-state index is 5.86. The van der Waals surface area contributed by atoms with E-state index in [0.717, 1.165) is 42.4 Å². The molecule has 0 saturated heterocycles. The van der Waals surface area contributed by atoms with Crippen LogP contribution in [0.1, 0.15) is 13.8 Å². The summed E-state index contributed by atoms with van der Waals surface area (Å²) in [5.74, 6) is 1.93. The predicted molar refractivity (Wildman–Crippen MR) is 95.2 cm³/mol. The molecule has 1 heterocycles. The molecule has 2 aromatic carbocycles. The Morgan fingerprint density at radius 1 is 0.957 bits per heavy atom. The van der Waals surface area contributed by atoms with Crippen molar-refractivity contribution in [1.82, 2.24) is 9.55 Å². The summed E-state index contributed by atoms with van der Waals surface area (Å²) in [4.78, 5) is 7.09. The first-order valence-corrected chi connectivity index (χ1v) is 8.21. The molecule has 0 amide bonds.